The predicted molar refractivity (Wildman–Crippen MR) is 88.4 cm³/mol. The van der Waals surface area contributed by atoms with Crippen LogP contribution in [-0.4, -0.2) is 64.1 Å². The van der Waals surface area contributed by atoms with E-state index in [0.717, 1.165) is 38.8 Å². The predicted octanol–water partition coefficient (Wildman–Crippen LogP) is 1.66. The van der Waals surface area contributed by atoms with E-state index >= 15 is 0 Å². The topological polar surface area (TPSA) is 69.5 Å². The number of amides is 1. The monoisotopic (exact) mass is 336 g/mol. The fourth-order valence-electron chi connectivity index (χ4n) is 3.49. The highest BCUT2D eigenvalue weighted by atomic mass is 16.5. The largest absolute Gasteiger partial charge is 0.376 e. The lowest BCUT2D eigenvalue weighted by atomic mass is 10.0. The van der Waals surface area contributed by atoms with Crippen LogP contribution < -0.4 is 0 Å². The van der Waals surface area contributed by atoms with Crippen LogP contribution >= 0.6 is 0 Å². The Bertz CT molecular complexity index is 514. The van der Waals surface area contributed by atoms with Gasteiger partial charge in [-0.1, -0.05) is 13.8 Å². The average Bonchev–Trinajstić information content (AvgIpc) is 3.28. The van der Waals surface area contributed by atoms with Crippen molar-refractivity contribution < 1.29 is 14.3 Å². The summed E-state index contributed by atoms with van der Waals surface area (Å²) in [4.78, 5) is 18.9. The van der Waals surface area contributed by atoms with E-state index in [1.54, 1.807) is 12.7 Å². The van der Waals surface area contributed by atoms with Gasteiger partial charge in [-0.2, -0.15) is 5.10 Å². The lowest BCUT2D eigenvalue weighted by Crippen LogP contribution is -2.48. The molecule has 0 bridgehead atoms. The second-order valence-electron chi connectivity index (χ2n) is 7.09. The zero-order chi connectivity index (χ0) is 16.9. The second kappa shape index (κ2) is 8.07. The maximum Gasteiger partial charge on any atom is 0.252 e. The lowest BCUT2D eigenvalue weighted by Gasteiger charge is -2.35. The molecule has 0 aliphatic carbocycles. The molecule has 2 saturated heterocycles. The smallest absolute Gasteiger partial charge is 0.252 e. The van der Waals surface area contributed by atoms with Crippen LogP contribution in [-0.2, 0) is 14.3 Å². The molecule has 0 spiro atoms. The molecule has 1 aromatic heterocycles. The van der Waals surface area contributed by atoms with Gasteiger partial charge in [0.1, 0.15) is 18.8 Å². The first-order valence-electron chi connectivity index (χ1n) is 9.01. The molecular formula is C17H28N4O3. The van der Waals surface area contributed by atoms with E-state index in [1.165, 1.54) is 0 Å². The van der Waals surface area contributed by atoms with Crippen molar-refractivity contribution in [2.45, 2.75) is 57.8 Å². The lowest BCUT2D eigenvalue weighted by molar-refractivity contribution is -0.151. The Kier molecular flexibility index (Phi) is 5.84. The molecule has 7 nitrogen and oxygen atoms in total. The van der Waals surface area contributed by atoms with Gasteiger partial charge in [0, 0.05) is 19.7 Å². The van der Waals surface area contributed by atoms with Crippen LogP contribution in [0.4, 0.5) is 0 Å². The summed E-state index contributed by atoms with van der Waals surface area (Å²) < 4.78 is 13.4. The zero-order valence-corrected chi connectivity index (χ0v) is 14.6. The minimum atomic E-state index is -0.399. The van der Waals surface area contributed by atoms with Gasteiger partial charge in [-0.05, 0) is 31.6 Å². The summed E-state index contributed by atoms with van der Waals surface area (Å²) in [5.74, 6) is 0.235. The van der Waals surface area contributed by atoms with Crippen molar-refractivity contribution >= 4 is 5.91 Å². The number of likely N-dealkylation sites (tertiary alicyclic amines) is 1. The summed E-state index contributed by atoms with van der Waals surface area (Å²) in [5, 5.41) is 4.22. The molecule has 2 aliphatic rings. The number of piperidine rings is 1. The molecule has 0 saturated carbocycles. The maximum absolute atomic E-state index is 13.0. The standard InChI is InChI=1S/C17H28N4O3/c1-13(2)16(24-10-15-6-4-8-23-15)17(22)20-7-3-5-14(9-20)21-12-18-11-19-21/h11-16H,3-10H2,1-2H3/t14-,15+,16+/m1/s1. The van der Waals surface area contributed by atoms with Gasteiger partial charge in [0.2, 0.25) is 0 Å². The first-order valence-corrected chi connectivity index (χ1v) is 9.01. The summed E-state index contributed by atoms with van der Waals surface area (Å²) in [6, 6.07) is 0.205. The third-order valence-electron chi connectivity index (χ3n) is 4.85. The van der Waals surface area contributed by atoms with E-state index in [9.17, 15) is 4.79 Å². The number of aromatic nitrogens is 3. The maximum atomic E-state index is 13.0. The Morgan fingerprint density at radius 3 is 2.92 bits per heavy atom. The van der Waals surface area contributed by atoms with Crippen molar-refractivity contribution in [3.05, 3.63) is 12.7 Å². The number of ether oxygens (including phenoxy) is 2. The number of nitrogens with zero attached hydrogens (tertiary/aromatic N) is 4. The molecule has 0 radical (unpaired) electrons. The minimum absolute atomic E-state index is 0.0906. The molecule has 1 amide bonds. The fraction of sp³-hybridized carbons (Fsp3) is 0.824. The average molecular weight is 336 g/mol. The Labute approximate surface area is 143 Å². The molecule has 3 heterocycles. The molecule has 0 unspecified atom stereocenters. The summed E-state index contributed by atoms with van der Waals surface area (Å²) in [7, 11) is 0. The van der Waals surface area contributed by atoms with Crippen molar-refractivity contribution in [1.82, 2.24) is 19.7 Å². The third kappa shape index (κ3) is 4.13. The first kappa shape index (κ1) is 17.4. The number of rotatable bonds is 6. The quantitative estimate of drug-likeness (QED) is 0.790. The van der Waals surface area contributed by atoms with Gasteiger partial charge in [-0.25, -0.2) is 9.67 Å². The van der Waals surface area contributed by atoms with Crippen LogP contribution in [0.25, 0.3) is 0 Å². The summed E-state index contributed by atoms with van der Waals surface area (Å²) in [6.45, 7) is 6.86. The molecule has 1 aromatic rings. The molecule has 0 N–H and O–H groups in total. The number of carbonyl (C=O) groups excluding carboxylic acids is 1. The SMILES string of the molecule is CC(C)[C@H](OC[C@@H]1CCCO1)C(=O)N1CCC[C@@H](n2cncn2)C1. The highest BCUT2D eigenvalue weighted by Gasteiger charge is 2.33. The Hall–Kier alpha value is -1.47. The number of hydrogen-bond donors (Lipinski definition) is 0. The van der Waals surface area contributed by atoms with Crippen molar-refractivity contribution in [3.63, 3.8) is 0 Å². The van der Waals surface area contributed by atoms with Crippen molar-refractivity contribution in [2.75, 3.05) is 26.3 Å². The summed E-state index contributed by atoms with van der Waals surface area (Å²) in [5.41, 5.74) is 0. The Morgan fingerprint density at radius 1 is 1.38 bits per heavy atom. The van der Waals surface area contributed by atoms with Crippen molar-refractivity contribution in [2.24, 2.45) is 5.92 Å². The molecule has 24 heavy (non-hydrogen) atoms. The van der Waals surface area contributed by atoms with Gasteiger partial charge in [0.15, 0.2) is 0 Å². The van der Waals surface area contributed by atoms with Crippen molar-refractivity contribution in [3.8, 4) is 0 Å². The van der Waals surface area contributed by atoms with Crippen LogP contribution in [0, 0.1) is 5.92 Å². The molecule has 0 aromatic carbocycles. The Balaban J connectivity index is 1.58. The van der Waals surface area contributed by atoms with Crippen molar-refractivity contribution in [1.29, 1.82) is 0 Å². The van der Waals surface area contributed by atoms with E-state index in [1.807, 2.05) is 23.4 Å². The number of hydrogen-bond acceptors (Lipinski definition) is 5. The summed E-state index contributed by atoms with van der Waals surface area (Å²) >= 11 is 0. The van der Waals surface area contributed by atoms with Gasteiger partial charge >= 0.3 is 0 Å². The minimum Gasteiger partial charge on any atom is -0.376 e. The molecular weight excluding hydrogens is 308 g/mol. The molecule has 3 rings (SSSR count). The molecule has 2 fully saturated rings. The number of carbonyl (C=O) groups is 1. The van der Waals surface area contributed by atoms with Gasteiger partial charge < -0.3 is 14.4 Å². The van der Waals surface area contributed by atoms with E-state index in [4.69, 9.17) is 9.47 Å². The Morgan fingerprint density at radius 2 is 2.25 bits per heavy atom. The fourth-order valence-corrected chi connectivity index (χ4v) is 3.49. The molecule has 134 valence electrons. The van der Waals surface area contributed by atoms with E-state index in [-0.39, 0.29) is 24.0 Å². The normalized spacial score (nSPS) is 26.0. The highest BCUT2D eigenvalue weighted by molar-refractivity contribution is 5.81. The van der Waals surface area contributed by atoms with Gasteiger partial charge in [-0.15, -0.1) is 0 Å². The van der Waals surface area contributed by atoms with Crippen LogP contribution in [0.2, 0.25) is 0 Å². The zero-order valence-electron chi connectivity index (χ0n) is 14.6. The van der Waals surface area contributed by atoms with Crippen LogP contribution in [0.5, 0.6) is 0 Å². The van der Waals surface area contributed by atoms with E-state index < -0.39 is 6.10 Å². The molecule has 2 aliphatic heterocycles. The van der Waals surface area contributed by atoms with E-state index in [2.05, 4.69) is 10.1 Å². The molecule has 3 atom stereocenters. The van der Waals surface area contributed by atoms with E-state index in [0.29, 0.717) is 13.2 Å². The van der Waals surface area contributed by atoms with Crippen LogP contribution in [0.15, 0.2) is 12.7 Å². The third-order valence-corrected chi connectivity index (χ3v) is 4.85. The van der Waals surface area contributed by atoms with Gasteiger partial charge in [0.05, 0.1) is 18.8 Å². The van der Waals surface area contributed by atoms with Gasteiger partial charge in [0.25, 0.3) is 5.91 Å². The van der Waals surface area contributed by atoms with Crippen LogP contribution in [0.3, 0.4) is 0 Å². The van der Waals surface area contributed by atoms with Crippen LogP contribution in [0.1, 0.15) is 45.6 Å². The molecule has 7 heteroatoms. The first-order chi connectivity index (χ1) is 11.6. The second-order valence-corrected chi connectivity index (χ2v) is 7.09. The highest BCUT2D eigenvalue weighted by Crippen LogP contribution is 2.23. The van der Waals surface area contributed by atoms with Gasteiger partial charge in [-0.3, -0.25) is 4.79 Å². The summed E-state index contributed by atoms with van der Waals surface area (Å²) in [6.07, 6.45) is 7.13.